The van der Waals surface area contributed by atoms with Crippen LogP contribution in [0.2, 0.25) is 0 Å². The normalized spacial score (nSPS) is 10.7. The van der Waals surface area contributed by atoms with Gasteiger partial charge in [0.05, 0.1) is 11.9 Å². The third-order valence-corrected chi connectivity index (χ3v) is 3.83. The molecule has 8 nitrogen and oxygen atoms in total. The summed E-state index contributed by atoms with van der Waals surface area (Å²) in [7, 11) is 0. The molecule has 0 aliphatic rings. The molecule has 30 heavy (non-hydrogen) atoms. The number of nitrogens with zero attached hydrogens (tertiary/aromatic N) is 4. The fourth-order valence-electron chi connectivity index (χ4n) is 1.82. The van der Waals surface area contributed by atoms with Gasteiger partial charge in [-0.3, -0.25) is 14.6 Å². The average molecular weight is 440 g/mol. The Labute approximate surface area is 222 Å². The van der Waals surface area contributed by atoms with Crippen molar-refractivity contribution in [1.29, 1.82) is 0 Å². The predicted molar refractivity (Wildman–Crippen MR) is 113 cm³/mol. The first-order valence-corrected chi connectivity index (χ1v) is 9.35. The SMILES string of the molecule is CC(C)NC(=O)c1cnc[c-]n1.CCc1cnc(C(=O)NC(C)C(C)C)cn1.[CH3-].[K+]. The molecule has 0 aliphatic heterocycles. The van der Waals surface area contributed by atoms with Crippen molar-refractivity contribution in [2.45, 2.75) is 60.0 Å². The Morgan fingerprint density at radius 3 is 2.03 bits per heavy atom. The van der Waals surface area contributed by atoms with E-state index in [0.717, 1.165) is 12.1 Å². The standard InChI is InChI=1S/C12H19N3O.C8H10N3O.CH3.K/c1-5-10-6-14-11(7-13-10)12(16)15-9(4)8(2)3;1-6(2)11-8(12)7-5-9-3-4-10-7;;/h6-9H,5H2,1-4H3,(H,15,16);3,5-6H,1-2H3,(H,11,12);1H3;/q;2*-1;+1. The number of aryl methyl sites for hydroxylation is 1. The second-order valence-corrected chi connectivity index (χ2v) is 6.91. The van der Waals surface area contributed by atoms with Gasteiger partial charge in [0.2, 0.25) is 0 Å². The van der Waals surface area contributed by atoms with Crippen LogP contribution in [-0.2, 0) is 6.42 Å². The van der Waals surface area contributed by atoms with Gasteiger partial charge in [0.15, 0.2) is 5.91 Å². The molecule has 2 heterocycles. The minimum atomic E-state index is -0.214. The van der Waals surface area contributed by atoms with E-state index < -0.39 is 0 Å². The second-order valence-electron chi connectivity index (χ2n) is 6.91. The Hall–Kier alpha value is -1.26. The molecule has 160 valence electrons. The molecule has 0 aliphatic carbocycles. The van der Waals surface area contributed by atoms with E-state index in [9.17, 15) is 9.59 Å². The third kappa shape index (κ3) is 11.8. The van der Waals surface area contributed by atoms with Gasteiger partial charge >= 0.3 is 51.4 Å². The van der Waals surface area contributed by atoms with Gasteiger partial charge in [0.1, 0.15) is 5.69 Å². The van der Waals surface area contributed by atoms with Crippen LogP contribution in [0.5, 0.6) is 0 Å². The summed E-state index contributed by atoms with van der Waals surface area (Å²) in [5, 5.41) is 5.59. The van der Waals surface area contributed by atoms with E-state index >= 15 is 0 Å². The predicted octanol–water partition coefficient (Wildman–Crippen LogP) is -0.317. The molecule has 0 fully saturated rings. The summed E-state index contributed by atoms with van der Waals surface area (Å²) in [5.74, 6) is 0.0394. The van der Waals surface area contributed by atoms with Crippen molar-refractivity contribution < 1.29 is 61.0 Å². The maximum atomic E-state index is 11.7. The van der Waals surface area contributed by atoms with Crippen molar-refractivity contribution in [3.63, 3.8) is 0 Å². The molecule has 0 saturated heterocycles. The molecular formula is C21H32KN6O2-. The third-order valence-electron chi connectivity index (χ3n) is 3.83. The quantitative estimate of drug-likeness (QED) is 0.472. The first-order valence-electron chi connectivity index (χ1n) is 9.35. The summed E-state index contributed by atoms with van der Waals surface area (Å²) in [6.45, 7) is 11.9. The van der Waals surface area contributed by atoms with Crippen LogP contribution in [0.4, 0.5) is 0 Å². The summed E-state index contributed by atoms with van der Waals surface area (Å²) in [4.78, 5) is 38.7. The summed E-state index contributed by atoms with van der Waals surface area (Å²) in [6, 6.07) is 0.250. The molecule has 0 spiro atoms. The van der Waals surface area contributed by atoms with Crippen LogP contribution < -0.4 is 62.0 Å². The molecule has 0 radical (unpaired) electrons. The topological polar surface area (TPSA) is 110 Å². The van der Waals surface area contributed by atoms with Gasteiger partial charge < -0.3 is 28.0 Å². The van der Waals surface area contributed by atoms with Crippen LogP contribution in [0.15, 0.2) is 24.8 Å². The van der Waals surface area contributed by atoms with E-state index in [2.05, 4.69) is 50.6 Å². The van der Waals surface area contributed by atoms with Gasteiger partial charge in [-0.15, -0.1) is 6.20 Å². The summed E-state index contributed by atoms with van der Waals surface area (Å²) in [5.41, 5.74) is 1.57. The number of hydrogen-bond acceptors (Lipinski definition) is 6. The summed E-state index contributed by atoms with van der Waals surface area (Å²) < 4.78 is 0. The molecule has 1 atom stereocenters. The summed E-state index contributed by atoms with van der Waals surface area (Å²) in [6.07, 6.45) is 9.32. The molecule has 2 N–H and O–H groups in total. The van der Waals surface area contributed by atoms with Gasteiger partial charge in [0, 0.05) is 18.3 Å². The Balaban J connectivity index is 0. The van der Waals surface area contributed by atoms with Crippen molar-refractivity contribution in [2.24, 2.45) is 5.92 Å². The summed E-state index contributed by atoms with van der Waals surface area (Å²) >= 11 is 0. The van der Waals surface area contributed by atoms with E-state index in [4.69, 9.17) is 0 Å². The van der Waals surface area contributed by atoms with Crippen LogP contribution in [0.25, 0.3) is 0 Å². The van der Waals surface area contributed by atoms with Crippen LogP contribution in [0.1, 0.15) is 68.2 Å². The Kier molecular flexibility index (Phi) is 16.9. The zero-order valence-electron chi connectivity index (χ0n) is 19.4. The molecule has 2 amide bonds. The van der Waals surface area contributed by atoms with Crippen LogP contribution in [0, 0.1) is 19.5 Å². The molecule has 9 heteroatoms. The number of rotatable bonds is 6. The van der Waals surface area contributed by atoms with Crippen molar-refractivity contribution in [3.05, 3.63) is 55.5 Å². The van der Waals surface area contributed by atoms with Gasteiger partial charge in [-0.05, 0) is 51.2 Å². The van der Waals surface area contributed by atoms with E-state index in [1.807, 2.05) is 27.7 Å². The second kappa shape index (κ2) is 16.4. The molecule has 0 aromatic carbocycles. The van der Waals surface area contributed by atoms with E-state index in [1.54, 1.807) is 6.20 Å². The Morgan fingerprint density at radius 1 is 0.967 bits per heavy atom. The van der Waals surface area contributed by atoms with Crippen LogP contribution >= 0.6 is 0 Å². The van der Waals surface area contributed by atoms with Gasteiger partial charge in [0.25, 0.3) is 5.91 Å². The fraction of sp³-hybridized carbons (Fsp3) is 0.476. The van der Waals surface area contributed by atoms with Gasteiger partial charge in [-0.1, -0.05) is 20.8 Å². The van der Waals surface area contributed by atoms with Crippen LogP contribution in [-0.4, -0.2) is 43.8 Å². The molecule has 0 saturated carbocycles. The minimum Gasteiger partial charge on any atom is -0.445 e. The zero-order chi connectivity index (χ0) is 21.1. The number of aromatic nitrogens is 4. The van der Waals surface area contributed by atoms with Gasteiger partial charge in [-0.2, -0.15) is 0 Å². The molecule has 0 bridgehead atoms. The van der Waals surface area contributed by atoms with Crippen molar-refractivity contribution >= 4 is 11.8 Å². The molecular weight excluding hydrogens is 407 g/mol. The first kappa shape index (κ1) is 30.9. The first-order chi connectivity index (χ1) is 13.2. The van der Waals surface area contributed by atoms with Gasteiger partial charge in [-0.25, -0.2) is 4.98 Å². The van der Waals surface area contributed by atoms with Crippen molar-refractivity contribution in [3.8, 4) is 0 Å². The van der Waals surface area contributed by atoms with E-state index in [-0.39, 0.29) is 82.7 Å². The fourth-order valence-corrected chi connectivity index (χ4v) is 1.82. The largest absolute Gasteiger partial charge is 1.00 e. The number of hydrogen-bond donors (Lipinski definition) is 2. The van der Waals surface area contributed by atoms with Crippen molar-refractivity contribution in [2.75, 3.05) is 0 Å². The van der Waals surface area contributed by atoms with E-state index in [1.165, 1.54) is 18.6 Å². The average Bonchev–Trinajstić information content (AvgIpc) is 2.68. The molecule has 1 unspecified atom stereocenters. The number of carbonyl (C=O) groups is 2. The number of carbonyl (C=O) groups excluding carboxylic acids is 2. The Morgan fingerprint density at radius 2 is 1.60 bits per heavy atom. The zero-order valence-corrected chi connectivity index (χ0v) is 22.5. The Bertz CT molecular complexity index is 739. The van der Waals surface area contributed by atoms with Crippen LogP contribution in [0.3, 0.4) is 0 Å². The van der Waals surface area contributed by atoms with E-state index in [0.29, 0.717) is 17.3 Å². The molecule has 2 aromatic heterocycles. The van der Waals surface area contributed by atoms with Crippen molar-refractivity contribution in [1.82, 2.24) is 30.6 Å². The maximum absolute atomic E-state index is 11.7. The smallest absolute Gasteiger partial charge is 0.445 e. The number of amides is 2. The monoisotopic (exact) mass is 439 g/mol. The maximum Gasteiger partial charge on any atom is 1.00 e. The molecule has 2 aromatic rings. The molecule has 2 rings (SSSR count). The number of nitrogens with one attached hydrogen (secondary N) is 2. The minimum absolute atomic E-state index is 0.